The first-order valence-corrected chi connectivity index (χ1v) is 10.0. The third-order valence-electron chi connectivity index (χ3n) is 4.91. The van der Waals surface area contributed by atoms with Crippen LogP contribution in [0.25, 0.3) is 0 Å². The Hall–Kier alpha value is -2.08. The van der Waals surface area contributed by atoms with Crippen LogP contribution in [-0.4, -0.2) is 47.1 Å². The van der Waals surface area contributed by atoms with Gasteiger partial charge in [0.25, 0.3) is 0 Å². The van der Waals surface area contributed by atoms with Gasteiger partial charge in [0.1, 0.15) is 0 Å². The molecule has 3 rings (SSSR count). The second-order valence-corrected chi connectivity index (χ2v) is 7.44. The fourth-order valence-electron chi connectivity index (χ4n) is 3.39. The molecular formula is C20H27ClN4O2. The molecule has 1 fully saturated rings. The lowest BCUT2D eigenvalue weighted by Gasteiger charge is -2.37. The fraction of sp³-hybridized carbons (Fsp3) is 0.550. The van der Waals surface area contributed by atoms with Gasteiger partial charge in [-0.25, -0.2) is 0 Å². The largest absolute Gasteiger partial charge is 0.368 e. The third-order valence-corrected chi connectivity index (χ3v) is 5.14. The smallest absolute Gasteiger partial charge is 0.226 e. The van der Waals surface area contributed by atoms with Gasteiger partial charge in [0, 0.05) is 56.2 Å². The minimum Gasteiger partial charge on any atom is -0.368 e. The number of amides is 1. The van der Waals surface area contributed by atoms with Crippen LogP contribution in [0.4, 0.5) is 5.69 Å². The van der Waals surface area contributed by atoms with Gasteiger partial charge in [-0.1, -0.05) is 29.7 Å². The maximum absolute atomic E-state index is 12.5. The number of piperazine rings is 1. The van der Waals surface area contributed by atoms with E-state index < -0.39 is 0 Å². The van der Waals surface area contributed by atoms with Gasteiger partial charge in [0.15, 0.2) is 5.82 Å². The molecule has 2 heterocycles. The van der Waals surface area contributed by atoms with E-state index in [-0.39, 0.29) is 5.91 Å². The first-order chi connectivity index (χ1) is 13.1. The van der Waals surface area contributed by atoms with Crippen LogP contribution in [0, 0.1) is 6.92 Å². The molecule has 0 N–H and O–H groups in total. The molecule has 0 radical (unpaired) electrons. The van der Waals surface area contributed by atoms with Gasteiger partial charge in [0.2, 0.25) is 11.8 Å². The minimum atomic E-state index is 0.200. The average molecular weight is 391 g/mol. The number of carbonyl (C=O) groups excluding carboxylic acids is 1. The lowest BCUT2D eigenvalue weighted by molar-refractivity contribution is -0.131. The zero-order chi connectivity index (χ0) is 19.2. The minimum absolute atomic E-state index is 0.200. The molecule has 146 valence electrons. The zero-order valence-electron chi connectivity index (χ0n) is 16.1. The number of carbonyl (C=O) groups is 1. The number of benzene rings is 1. The molecule has 0 bridgehead atoms. The van der Waals surface area contributed by atoms with Gasteiger partial charge in [-0.15, -0.1) is 0 Å². The quantitative estimate of drug-likeness (QED) is 0.722. The van der Waals surface area contributed by atoms with Crippen LogP contribution in [-0.2, 0) is 17.6 Å². The van der Waals surface area contributed by atoms with Crippen LogP contribution >= 0.6 is 11.6 Å². The van der Waals surface area contributed by atoms with Crippen LogP contribution in [0.3, 0.4) is 0 Å². The molecule has 1 aromatic heterocycles. The number of anilines is 1. The van der Waals surface area contributed by atoms with Crippen molar-refractivity contribution in [3.8, 4) is 0 Å². The van der Waals surface area contributed by atoms with Crippen LogP contribution in [0.1, 0.15) is 43.5 Å². The number of hydrogen-bond acceptors (Lipinski definition) is 5. The Morgan fingerprint density at radius 2 is 2.00 bits per heavy atom. The summed E-state index contributed by atoms with van der Waals surface area (Å²) in [6, 6.07) is 5.96. The Morgan fingerprint density at radius 1 is 1.22 bits per heavy atom. The van der Waals surface area contributed by atoms with Crippen molar-refractivity contribution in [3.05, 3.63) is 40.5 Å². The van der Waals surface area contributed by atoms with Gasteiger partial charge in [0.05, 0.1) is 0 Å². The highest BCUT2D eigenvalue weighted by Gasteiger charge is 2.22. The fourth-order valence-corrected chi connectivity index (χ4v) is 3.55. The van der Waals surface area contributed by atoms with E-state index in [0.717, 1.165) is 62.0 Å². The van der Waals surface area contributed by atoms with E-state index in [1.165, 1.54) is 5.56 Å². The van der Waals surface area contributed by atoms with Crippen molar-refractivity contribution in [2.45, 2.75) is 46.0 Å². The summed E-state index contributed by atoms with van der Waals surface area (Å²) in [6.45, 7) is 7.32. The molecule has 1 aromatic carbocycles. The SMILES string of the molecule is CCCc1noc(CCCC(=O)N2CCN(c3cc(Cl)ccc3C)CC2)n1. The van der Waals surface area contributed by atoms with E-state index in [0.29, 0.717) is 18.7 Å². The van der Waals surface area contributed by atoms with Crippen molar-refractivity contribution in [1.29, 1.82) is 0 Å². The zero-order valence-corrected chi connectivity index (χ0v) is 16.8. The molecule has 6 nitrogen and oxygen atoms in total. The molecular weight excluding hydrogens is 364 g/mol. The van der Waals surface area contributed by atoms with Crippen molar-refractivity contribution in [2.75, 3.05) is 31.1 Å². The number of halogens is 1. The van der Waals surface area contributed by atoms with Crippen molar-refractivity contribution >= 4 is 23.2 Å². The molecule has 1 saturated heterocycles. The summed E-state index contributed by atoms with van der Waals surface area (Å²) in [5, 5.41) is 4.69. The van der Waals surface area contributed by atoms with Crippen LogP contribution in [0.2, 0.25) is 5.02 Å². The summed E-state index contributed by atoms with van der Waals surface area (Å²) < 4.78 is 5.22. The topological polar surface area (TPSA) is 62.5 Å². The number of rotatable bonds is 7. The van der Waals surface area contributed by atoms with E-state index in [1.54, 1.807) is 0 Å². The van der Waals surface area contributed by atoms with Gasteiger partial charge < -0.3 is 14.3 Å². The lowest BCUT2D eigenvalue weighted by Crippen LogP contribution is -2.49. The summed E-state index contributed by atoms with van der Waals surface area (Å²) in [5.41, 5.74) is 2.37. The van der Waals surface area contributed by atoms with Crippen molar-refractivity contribution in [3.63, 3.8) is 0 Å². The first kappa shape index (κ1) is 19.7. The first-order valence-electron chi connectivity index (χ1n) is 9.67. The Bertz CT molecular complexity index is 769. The Morgan fingerprint density at radius 3 is 2.74 bits per heavy atom. The monoisotopic (exact) mass is 390 g/mol. The summed E-state index contributed by atoms with van der Waals surface area (Å²) in [5.74, 6) is 1.59. The van der Waals surface area contributed by atoms with E-state index in [4.69, 9.17) is 16.1 Å². The molecule has 27 heavy (non-hydrogen) atoms. The van der Waals surface area contributed by atoms with Crippen molar-refractivity contribution < 1.29 is 9.32 Å². The Labute approximate surface area is 165 Å². The number of aryl methyl sites for hydroxylation is 3. The highest BCUT2D eigenvalue weighted by atomic mass is 35.5. The van der Waals surface area contributed by atoms with Crippen molar-refractivity contribution in [2.24, 2.45) is 0 Å². The van der Waals surface area contributed by atoms with Crippen LogP contribution in [0.15, 0.2) is 22.7 Å². The highest BCUT2D eigenvalue weighted by molar-refractivity contribution is 6.30. The highest BCUT2D eigenvalue weighted by Crippen LogP contribution is 2.25. The maximum Gasteiger partial charge on any atom is 0.226 e. The molecule has 1 aliphatic rings. The standard InChI is InChI=1S/C20H27ClN4O2/c1-3-5-18-22-19(27-23-18)6-4-7-20(26)25-12-10-24(11-13-25)17-14-16(21)9-8-15(17)2/h8-9,14H,3-7,10-13H2,1-2H3. The molecule has 0 atom stereocenters. The Kier molecular flexibility index (Phi) is 6.72. The molecule has 0 saturated carbocycles. The van der Waals surface area contributed by atoms with Crippen LogP contribution < -0.4 is 4.90 Å². The lowest BCUT2D eigenvalue weighted by atomic mass is 10.1. The van der Waals surface area contributed by atoms with E-state index in [2.05, 4.69) is 28.9 Å². The molecule has 1 amide bonds. The normalized spacial score (nSPS) is 14.6. The molecule has 1 aliphatic heterocycles. The summed E-state index contributed by atoms with van der Waals surface area (Å²) >= 11 is 6.13. The predicted molar refractivity (Wildman–Crippen MR) is 106 cm³/mol. The number of nitrogens with zero attached hydrogens (tertiary/aromatic N) is 4. The number of hydrogen-bond donors (Lipinski definition) is 0. The summed E-state index contributed by atoms with van der Waals surface area (Å²) in [4.78, 5) is 21.1. The van der Waals surface area contributed by atoms with E-state index in [1.807, 2.05) is 23.1 Å². The summed E-state index contributed by atoms with van der Waals surface area (Å²) in [6.07, 6.45) is 3.74. The van der Waals surface area contributed by atoms with Gasteiger partial charge in [-0.3, -0.25) is 4.79 Å². The van der Waals surface area contributed by atoms with Crippen LogP contribution in [0.5, 0.6) is 0 Å². The molecule has 0 unspecified atom stereocenters. The maximum atomic E-state index is 12.5. The van der Waals surface area contributed by atoms with E-state index in [9.17, 15) is 4.79 Å². The Balaban J connectivity index is 1.43. The molecule has 7 heteroatoms. The average Bonchev–Trinajstić information content (AvgIpc) is 3.11. The summed E-state index contributed by atoms with van der Waals surface area (Å²) in [7, 11) is 0. The predicted octanol–water partition coefficient (Wildman–Crippen LogP) is 3.66. The second kappa shape index (κ2) is 9.22. The molecule has 2 aromatic rings. The van der Waals surface area contributed by atoms with Gasteiger partial charge in [-0.05, 0) is 37.5 Å². The third kappa shape index (κ3) is 5.22. The molecule has 0 spiro atoms. The van der Waals surface area contributed by atoms with Gasteiger partial charge in [-0.2, -0.15) is 4.98 Å². The molecule has 0 aliphatic carbocycles. The van der Waals surface area contributed by atoms with Gasteiger partial charge >= 0.3 is 0 Å². The van der Waals surface area contributed by atoms with E-state index >= 15 is 0 Å². The second-order valence-electron chi connectivity index (χ2n) is 7.01. The number of aromatic nitrogens is 2. The van der Waals surface area contributed by atoms with Crippen molar-refractivity contribution in [1.82, 2.24) is 15.0 Å².